The number of carbonyl (C=O) groups is 1. The molecule has 1 atom stereocenters. The molecule has 1 aromatic heterocycles. The quantitative estimate of drug-likeness (QED) is 0.812. The third-order valence-electron chi connectivity index (χ3n) is 6.49. The number of likely N-dealkylation sites (tertiary alicyclic amines) is 2. The van der Waals surface area contributed by atoms with Gasteiger partial charge in [0.05, 0.1) is 11.4 Å². The smallest absolute Gasteiger partial charge is 0.222 e. The number of carbonyl (C=O) groups excluding carboxylic acids is 1. The monoisotopic (exact) mass is 380 g/mol. The van der Waals surface area contributed by atoms with Crippen LogP contribution < -0.4 is 0 Å². The molecule has 4 rings (SSSR count). The largest absolute Gasteiger partial charge is 0.342 e. The Bertz CT molecular complexity index is 858. The van der Waals surface area contributed by atoms with Gasteiger partial charge in [0.25, 0.3) is 0 Å². The molecule has 2 fully saturated rings. The van der Waals surface area contributed by atoms with Gasteiger partial charge in [-0.25, -0.2) is 4.68 Å². The third kappa shape index (κ3) is 3.72. The molecule has 2 aromatic rings. The molecule has 2 aliphatic heterocycles. The number of benzene rings is 1. The van der Waals surface area contributed by atoms with Crippen molar-refractivity contribution in [2.75, 3.05) is 26.2 Å². The van der Waals surface area contributed by atoms with Crippen LogP contribution in [0.15, 0.2) is 30.3 Å². The maximum Gasteiger partial charge on any atom is 0.222 e. The number of nitrogens with zero attached hydrogens (tertiary/aromatic N) is 4. The summed E-state index contributed by atoms with van der Waals surface area (Å²) in [5.74, 6) is 0.333. The van der Waals surface area contributed by atoms with Crippen molar-refractivity contribution in [3.8, 4) is 5.69 Å². The molecule has 1 amide bonds. The number of piperidine rings is 2. The van der Waals surface area contributed by atoms with E-state index in [4.69, 9.17) is 5.10 Å². The van der Waals surface area contributed by atoms with Gasteiger partial charge < -0.3 is 4.90 Å². The van der Waals surface area contributed by atoms with Crippen LogP contribution in [0.1, 0.15) is 49.6 Å². The molecule has 0 saturated carbocycles. The van der Waals surface area contributed by atoms with E-state index in [1.165, 1.54) is 29.8 Å². The van der Waals surface area contributed by atoms with Crippen LogP contribution >= 0.6 is 0 Å². The zero-order valence-electron chi connectivity index (χ0n) is 17.4. The van der Waals surface area contributed by atoms with Crippen LogP contribution in [0.3, 0.4) is 0 Å². The van der Waals surface area contributed by atoms with E-state index in [9.17, 15) is 4.79 Å². The first-order valence-electron chi connectivity index (χ1n) is 10.6. The van der Waals surface area contributed by atoms with Crippen molar-refractivity contribution in [1.29, 1.82) is 0 Å². The van der Waals surface area contributed by atoms with E-state index in [0.717, 1.165) is 44.8 Å². The van der Waals surface area contributed by atoms with Crippen LogP contribution in [0.25, 0.3) is 5.69 Å². The third-order valence-corrected chi connectivity index (χ3v) is 6.49. The van der Waals surface area contributed by atoms with Crippen LogP contribution in [0.4, 0.5) is 0 Å². The number of aromatic nitrogens is 2. The molecule has 1 aromatic carbocycles. The first kappa shape index (κ1) is 19.2. The molecule has 5 heteroatoms. The number of para-hydroxylation sites is 1. The molecule has 5 nitrogen and oxygen atoms in total. The zero-order valence-corrected chi connectivity index (χ0v) is 17.4. The lowest BCUT2D eigenvalue weighted by molar-refractivity contribution is -0.139. The zero-order chi connectivity index (χ0) is 19.7. The summed E-state index contributed by atoms with van der Waals surface area (Å²) in [5, 5.41) is 4.70. The molecule has 3 heterocycles. The second-order valence-corrected chi connectivity index (χ2v) is 8.69. The first-order chi connectivity index (χ1) is 13.5. The highest BCUT2D eigenvalue weighted by atomic mass is 16.2. The molecule has 2 aliphatic rings. The van der Waals surface area contributed by atoms with Gasteiger partial charge >= 0.3 is 0 Å². The highest BCUT2D eigenvalue weighted by Gasteiger charge is 2.41. The van der Waals surface area contributed by atoms with Gasteiger partial charge in [-0.1, -0.05) is 18.2 Å². The number of hydrogen-bond acceptors (Lipinski definition) is 3. The summed E-state index contributed by atoms with van der Waals surface area (Å²) in [6, 6.07) is 10.8. The second kappa shape index (κ2) is 7.70. The highest BCUT2D eigenvalue weighted by molar-refractivity contribution is 5.77. The normalized spacial score (nSPS) is 23.5. The maximum atomic E-state index is 12.2. The predicted molar refractivity (Wildman–Crippen MR) is 111 cm³/mol. The average molecular weight is 381 g/mol. The van der Waals surface area contributed by atoms with Crippen molar-refractivity contribution in [3.63, 3.8) is 0 Å². The van der Waals surface area contributed by atoms with Crippen LogP contribution in [0.2, 0.25) is 0 Å². The van der Waals surface area contributed by atoms with Crippen LogP contribution in [0, 0.1) is 19.3 Å². The fourth-order valence-electron chi connectivity index (χ4n) is 5.13. The molecule has 0 unspecified atom stereocenters. The van der Waals surface area contributed by atoms with Crippen molar-refractivity contribution in [3.05, 3.63) is 47.3 Å². The fraction of sp³-hybridized carbons (Fsp3) is 0.565. The van der Waals surface area contributed by atoms with Crippen molar-refractivity contribution < 1.29 is 4.79 Å². The molecule has 28 heavy (non-hydrogen) atoms. The molecule has 0 aliphatic carbocycles. The molecular formula is C23H32N4O. The Morgan fingerprint density at radius 2 is 1.96 bits per heavy atom. The molecular weight excluding hydrogens is 348 g/mol. The van der Waals surface area contributed by atoms with Crippen LogP contribution in [-0.2, 0) is 11.3 Å². The van der Waals surface area contributed by atoms with E-state index in [1.807, 2.05) is 6.92 Å². The topological polar surface area (TPSA) is 41.4 Å². The van der Waals surface area contributed by atoms with Gasteiger partial charge in [0, 0.05) is 43.7 Å². The maximum absolute atomic E-state index is 12.2. The minimum absolute atomic E-state index is 0.273. The van der Waals surface area contributed by atoms with E-state index in [0.29, 0.717) is 12.3 Å². The summed E-state index contributed by atoms with van der Waals surface area (Å²) in [6.07, 6.45) is 4.21. The SMILES string of the molecule is CCN1C[C@@]2(CCCN(Cc3ccccc3-n3nc(C)cc3C)C2)CCC1=O. The lowest BCUT2D eigenvalue weighted by Crippen LogP contribution is -2.53. The summed E-state index contributed by atoms with van der Waals surface area (Å²) >= 11 is 0. The van der Waals surface area contributed by atoms with Gasteiger partial charge in [-0.15, -0.1) is 0 Å². The molecule has 0 radical (unpaired) electrons. The van der Waals surface area contributed by atoms with Crippen molar-refractivity contribution in [2.45, 2.75) is 53.0 Å². The Hall–Kier alpha value is -2.14. The van der Waals surface area contributed by atoms with E-state index in [2.05, 4.69) is 58.7 Å². The van der Waals surface area contributed by atoms with E-state index in [-0.39, 0.29) is 5.41 Å². The average Bonchev–Trinajstić information content (AvgIpc) is 3.02. The summed E-state index contributed by atoms with van der Waals surface area (Å²) in [5.41, 5.74) is 5.00. The Balaban J connectivity index is 1.54. The van der Waals surface area contributed by atoms with Gasteiger partial charge in [-0.3, -0.25) is 9.69 Å². The minimum atomic E-state index is 0.273. The summed E-state index contributed by atoms with van der Waals surface area (Å²) in [7, 11) is 0. The molecule has 2 saturated heterocycles. The number of hydrogen-bond donors (Lipinski definition) is 0. The lowest BCUT2D eigenvalue weighted by Gasteiger charge is -2.48. The molecule has 0 N–H and O–H groups in total. The predicted octanol–water partition coefficient (Wildman–Crippen LogP) is 3.71. The van der Waals surface area contributed by atoms with E-state index in [1.54, 1.807) is 0 Å². The highest BCUT2D eigenvalue weighted by Crippen LogP contribution is 2.39. The number of rotatable bonds is 4. The lowest BCUT2D eigenvalue weighted by atomic mass is 9.73. The van der Waals surface area contributed by atoms with Crippen LogP contribution in [-0.4, -0.2) is 51.7 Å². The van der Waals surface area contributed by atoms with Gasteiger partial charge in [0.1, 0.15) is 0 Å². The van der Waals surface area contributed by atoms with Crippen molar-refractivity contribution in [2.24, 2.45) is 5.41 Å². The second-order valence-electron chi connectivity index (χ2n) is 8.69. The van der Waals surface area contributed by atoms with Crippen LogP contribution in [0.5, 0.6) is 0 Å². The molecule has 0 bridgehead atoms. The Kier molecular flexibility index (Phi) is 5.28. The van der Waals surface area contributed by atoms with Crippen molar-refractivity contribution >= 4 is 5.91 Å². The standard InChI is InChI=1S/C23H32N4O/c1-4-26-17-23(12-10-22(26)28)11-7-13-25(16-23)15-20-8-5-6-9-21(20)27-19(3)14-18(2)24-27/h5-6,8-9,14H,4,7,10-13,15-17H2,1-3H3/t23-/m0/s1. The first-order valence-corrected chi connectivity index (χ1v) is 10.6. The Morgan fingerprint density at radius 1 is 1.14 bits per heavy atom. The van der Waals surface area contributed by atoms with E-state index < -0.39 is 0 Å². The molecule has 150 valence electrons. The molecule has 1 spiro atoms. The summed E-state index contributed by atoms with van der Waals surface area (Å²) in [4.78, 5) is 16.8. The van der Waals surface area contributed by atoms with Gasteiger partial charge in [-0.05, 0) is 64.3 Å². The van der Waals surface area contributed by atoms with Gasteiger partial charge in [0.2, 0.25) is 5.91 Å². The number of aryl methyl sites for hydroxylation is 2. The number of amides is 1. The summed E-state index contributed by atoms with van der Waals surface area (Å²) in [6.45, 7) is 11.2. The van der Waals surface area contributed by atoms with E-state index >= 15 is 0 Å². The fourth-order valence-corrected chi connectivity index (χ4v) is 5.13. The van der Waals surface area contributed by atoms with Gasteiger partial charge in [0.15, 0.2) is 0 Å². The van der Waals surface area contributed by atoms with Crippen molar-refractivity contribution in [1.82, 2.24) is 19.6 Å². The summed E-state index contributed by atoms with van der Waals surface area (Å²) < 4.78 is 2.07. The Labute approximate surface area is 168 Å². The minimum Gasteiger partial charge on any atom is -0.342 e. The Morgan fingerprint density at radius 3 is 2.71 bits per heavy atom. The van der Waals surface area contributed by atoms with Gasteiger partial charge in [-0.2, -0.15) is 5.10 Å².